The van der Waals surface area contributed by atoms with Crippen LogP contribution in [0.1, 0.15) is 36.0 Å². The van der Waals surface area contributed by atoms with Crippen LogP contribution in [0.4, 0.5) is 5.82 Å². The lowest BCUT2D eigenvalue weighted by atomic mass is 9.89. The van der Waals surface area contributed by atoms with Crippen molar-refractivity contribution >= 4 is 23.4 Å². The van der Waals surface area contributed by atoms with E-state index in [9.17, 15) is 4.79 Å². The van der Waals surface area contributed by atoms with E-state index in [-0.39, 0.29) is 10.6 Å². The van der Waals surface area contributed by atoms with Crippen molar-refractivity contribution in [1.29, 1.82) is 0 Å². The molecule has 1 aromatic heterocycles. The van der Waals surface area contributed by atoms with Gasteiger partial charge in [-0.3, -0.25) is 0 Å². The van der Waals surface area contributed by atoms with Crippen LogP contribution in [-0.4, -0.2) is 22.6 Å². The molecule has 3 atom stereocenters. The molecule has 2 saturated carbocycles. The minimum atomic E-state index is -1.02. The number of fused-ring (bicyclic) bond motifs is 2. The Labute approximate surface area is 117 Å². The molecule has 2 N–H and O–H groups in total. The lowest BCUT2D eigenvalue weighted by Gasteiger charge is -2.22. The third kappa shape index (κ3) is 2.41. The van der Waals surface area contributed by atoms with E-state index >= 15 is 0 Å². The molecule has 0 aromatic carbocycles. The van der Waals surface area contributed by atoms with E-state index in [0.717, 1.165) is 18.4 Å². The van der Waals surface area contributed by atoms with Gasteiger partial charge in [-0.25, -0.2) is 9.78 Å². The lowest BCUT2D eigenvalue weighted by molar-refractivity contribution is 0.0697. The third-order valence-electron chi connectivity index (χ3n) is 4.54. The molecule has 19 heavy (non-hydrogen) atoms. The Hall–Kier alpha value is -1.29. The van der Waals surface area contributed by atoms with Crippen molar-refractivity contribution in [2.45, 2.75) is 25.7 Å². The van der Waals surface area contributed by atoms with Crippen molar-refractivity contribution in [1.82, 2.24) is 4.98 Å². The smallest absolute Gasteiger partial charge is 0.337 e. The van der Waals surface area contributed by atoms with E-state index < -0.39 is 5.97 Å². The van der Waals surface area contributed by atoms with E-state index in [4.69, 9.17) is 16.7 Å². The lowest BCUT2D eigenvalue weighted by Crippen LogP contribution is -2.21. The molecular formula is C14H17ClN2O2. The molecule has 2 bridgehead atoms. The average molecular weight is 281 g/mol. The third-order valence-corrected chi connectivity index (χ3v) is 4.92. The molecule has 2 aliphatic carbocycles. The second-order valence-corrected chi connectivity index (χ2v) is 6.02. The predicted octanol–water partition coefficient (Wildman–Crippen LogP) is 3.28. The molecule has 5 heteroatoms. The van der Waals surface area contributed by atoms with Crippen LogP contribution in [0.25, 0.3) is 0 Å². The second kappa shape index (κ2) is 5.00. The molecule has 0 spiro atoms. The summed E-state index contributed by atoms with van der Waals surface area (Å²) in [6.07, 6.45) is 6.86. The highest BCUT2D eigenvalue weighted by Gasteiger charge is 2.39. The summed E-state index contributed by atoms with van der Waals surface area (Å²) in [7, 11) is 0. The maximum atomic E-state index is 11.0. The zero-order valence-corrected chi connectivity index (χ0v) is 11.4. The Morgan fingerprint density at radius 3 is 2.95 bits per heavy atom. The number of carboxylic acid groups (broad SMARTS) is 1. The zero-order valence-electron chi connectivity index (χ0n) is 10.6. The molecule has 0 amide bonds. The topological polar surface area (TPSA) is 62.2 Å². The normalized spacial score (nSPS) is 28.6. The van der Waals surface area contributed by atoms with Gasteiger partial charge in [-0.05, 0) is 43.1 Å². The average Bonchev–Trinajstić information content (AvgIpc) is 2.99. The first-order valence-corrected chi connectivity index (χ1v) is 7.14. The molecule has 0 radical (unpaired) electrons. The monoisotopic (exact) mass is 280 g/mol. The highest BCUT2D eigenvalue weighted by molar-refractivity contribution is 6.35. The number of nitrogens with one attached hydrogen (secondary N) is 1. The zero-order chi connectivity index (χ0) is 13.4. The quantitative estimate of drug-likeness (QED) is 0.888. The molecule has 1 heterocycles. The second-order valence-electron chi connectivity index (χ2n) is 5.64. The first kappa shape index (κ1) is 12.7. The predicted molar refractivity (Wildman–Crippen MR) is 73.6 cm³/mol. The number of pyridine rings is 1. The van der Waals surface area contributed by atoms with Crippen LogP contribution in [-0.2, 0) is 0 Å². The van der Waals surface area contributed by atoms with E-state index in [1.807, 2.05) is 0 Å². The number of nitrogens with zero attached hydrogens (tertiary/aromatic N) is 1. The molecule has 4 nitrogen and oxygen atoms in total. The first-order valence-electron chi connectivity index (χ1n) is 6.77. The number of carboxylic acids is 1. The fourth-order valence-corrected chi connectivity index (χ4v) is 3.85. The number of halogens is 1. The standard InChI is InChI=1S/C14H17ClN2O2/c15-12-11(14(18)19)3-4-16-13(12)17-7-10-6-8-1-2-9(10)5-8/h3-4,8-10H,1-2,5-7H2,(H,16,17)(H,18,19). The molecule has 2 fully saturated rings. The van der Waals surface area contributed by atoms with Crippen molar-refractivity contribution in [3.8, 4) is 0 Å². The highest BCUT2D eigenvalue weighted by Crippen LogP contribution is 2.48. The van der Waals surface area contributed by atoms with Crippen LogP contribution in [0.2, 0.25) is 5.02 Å². The fraction of sp³-hybridized carbons (Fsp3) is 0.571. The van der Waals surface area contributed by atoms with Crippen molar-refractivity contribution in [3.63, 3.8) is 0 Å². The van der Waals surface area contributed by atoms with Gasteiger partial charge in [-0.1, -0.05) is 18.0 Å². The number of hydrogen-bond acceptors (Lipinski definition) is 3. The fourth-order valence-electron chi connectivity index (χ4n) is 3.59. The summed E-state index contributed by atoms with van der Waals surface area (Å²) in [5.41, 5.74) is 0.104. The van der Waals surface area contributed by atoms with Crippen LogP contribution in [0, 0.1) is 17.8 Å². The largest absolute Gasteiger partial charge is 0.478 e. The van der Waals surface area contributed by atoms with Gasteiger partial charge in [-0.2, -0.15) is 0 Å². The Morgan fingerprint density at radius 2 is 2.32 bits per heavy atom. The van der Waals surface area contributed by atoms with Crippen LogP contribution >= 0.6 is 11.6 Å². The summed E-state index contributed by atoms with van der Waals surface area (Å²) >= 11 is 6.06. The molecule has 3 rings (SSSR count). The van der Waals surface area contributed by atoms with Gasteiger partial charge in [0.1, 0.15) is 5.82 Å². The Balaban J connectivity index is 1.67. The van der Waals surface area contributed by atoms with Crippen molar-refractivity contribution in [3.05, 3.63) is 22.8 Å². The summed E-state index contributed by atoms with van der Waals surface area (Å²) in [5, 5.41) is 12.5. The molecule has 0 saturated heterocycles. The van der Waals surface area contributed by atoms with Crippen LogP contribution in [0.3, 0.4) is 0 Å². The number of aromatic carboxylic acids is 1. The van der Waals surface area contributed by atoms with Gasteiger partial charge in [0.25, 0.3) is 0 Å². The number of aromatic nitrogens is 1. The van der Waals surface area contributed by atoms with Crippen LogP contribution in [0.15, 0.2) is 12.3 Å². The maximum absolute atomic E-state index is 11.0. The SMILES string of the molecule is O=C(O)c1ccnc(NCC2CC3CCC2C3)c1Cl. The molecule has 1 aromatic rings. The van der Waals surface area contributed by atoms with Crippen molar-refractivity contribution < 1.29 is 9.90 Å². The van der Waals surface area contributed by atoms with E-state index in [0.29, 0.717) is 11.7 Å². The van der Waals surface area contributed by atoms with Gasteiger partial charge in [0.2, 0.25) is 0 Å². The summed E-state index contributed by atoms with van der Waals surface area (Å²) in [4.78, 5) is 15.1. The summed E-state index contributed by atoms with van der Waals surface area (Å²) in [6, 6.07) is 1.42. The van der Waals surface area contributed by atoms with Gasteiger partial charge in [0.15, 0.2) is 0 Å². The number of anilines is 1. The first-order chi connectivity index (χ1) is 9.15. The Morgan fingerprint density at radius 1 is 1.47 bits per heavy atom. The van der Waals surface area contributed by atoms with Gasteiger partial charge >= 0.3 is 5.97 Å². The molecule has 3 unspecified atom stereocenters. The van der Waals surface area contributed by atoms with Crippen molar-refractivity contribution in [2.75, 3.05) is 11.9 Å². The van der Waals surface area contributed by atoms with Gasteiger partial charge in [-0.15, -0.1) is 0 Å². The Bertz CT molecular complexity index is 506. The minimum Gasteiger partial charge on any atom is -0.478 e. The van der Waals surface area contributed by atoms with Crippen molar-refractivity contribution in [2.24, 2.45) is 17.8 Å². The van der Waals surface area contributed by atoms with E-state index in [1.165, 1.54) is 37.9 Å². The molecule has 2 aliphatic rings. The van der Waals surface area contributed by atoms with Gasteiger partial charge in [0, 0.05) is 12.7 Å². The Kier molecular flexibility index (Phi) is 3.35. The van der Waals surface area contributed by atoms with Gasteiger partial charge < -0.3 is 10.4 Å². The van der Waals surface area contributed by atoms with E-state index in [1.54, 1.807) is 0 Å². The van der Waals surface area contributed by atoms with Crippen LogP contribution in [0.5, 0.6) is 0 Å². The number of rotatable bonds is 4. The molecular weight excluding hydrogens is 264 g/mol. The minimum absolute atomic E-state index is 0.104. The molecule has 0 aliphatic heterocycles. The van der Waals surface area contributed by atoms with Crippen LogP contribution < -0.4 is 5.32 Å². The van der Waals surface area contributed by atoms with Gasteiger partial charge in [0.05, 0.1) is 10.6 Å². The molecule has 102 valence electrons. The summed E-state index contributed by atoms with van der Waals surface area (Å²) < 4.78 is 0. The maximum Gasteiger partial charge on any atom is 0.337 e. The number of hydrogen-bond donors (Lipinski definition) is 2. The highest BCUT2D eigenvalue weighted by atomic mass is 35.5. The van der Waals surface area contributed by atoms with E-state index in [2.05, 4.69) is 10.3 Å². The summed E-state index contributed by atoms with van der Waals surface area (Å²) in [6.45, 7) is 0.844. The number of carbonyl (C=O) groups is 1. The summed E-state index contributed by atoms with van der Waals surface area (Å²) in [5.74, 6) is 1.90.